The third-order valence-corrected chi connectivity index (χ3v) is 9.17. The Kier molecular flexibility index (Phi) is 26.6. The summed E-state index contributed by atoms with van der Waals surface area (Å²) in [5.41, 5.74) is 17.7. The lowest BCUT2D eigenvalue weighted by molar-refractivity contribution is 0.215. The van der Waals surface area contributed by atoms with Gasteiger partial charge in [-0.3, -0.25) is 0 Å². The molecule has 6 heteroatoms. The number of hydrogen-bond acceptors (Lipinski definition) is 6. The van der Waals surface area contributed by atoms with E-state index in [1.165, 1.54) is 77.9 Å². The van der Waals surface area contributed by atoms with Crippen LogP contribution in [-0.2, 0) is 9.47 Å². The van der Waals surface area contributed by atoms with E-state index in [0.717, 1.165) is 36.2 Å². The van der Waals surface area contributed by atoms with Gasteiger partial charge in [0, 0.05) is 27.4 Å². The fraction of sp³-hybridized carbons (Fsp3) is 0.500. The van der Waals surface area contributed by atoms with Crippen molar-refractivity contribution in [2.24, 2.45) is 0 Å². The minimum Gasteiger partial charge on any atom is -0.496 e. The molecule has 0 saturated carbocycles. The maximum Gasteiger partial charge on any atom is 0.124 e. The van der Waals surface area contributed by atoms with Crippen molar-refractivity contribution in [3.8, 4) is 23.0 Å². The Morgan fingerprint density at radius 1 is 0.296 bits per heavy atom. The van der Waals surface area contributed by atoms with Gasteiger partial charge in [-0.1, -0.05) is 47.5 Å². The monoisotopic (exact) mass is 749 g/mol. The first-order valence-corrected chi connectivity index (χ1v) is 18.7. The van der Waals surface area contributed by atoms with Gasteiger partial charge in [-0.25, -0.2) is 0 Å². The van der Waals surface area contributed by atoms with Crippen LogP contribution in [0.4, 0.5) is 0 Å². The third kappa shape index (κ3) is 17.4. The topological polar surface area (TPSA) is 55.4 Å². The second-order valence-corrected chi connectivity index (χ2v) is 13.6. The quantitative estimate of drug-likeness (QED) is 0.196. The van der Waals surface area contributed by atoms with E-state index in [4.69, 9.17) is 18.9 Å². The predicted octanol–water partition coefficient (Wildman–Crippen LogP) is 12.4. The van der Waals surface area contributed by atoms with E-state index < -0.39 is 0 Å². The van der Waals surface area contributed by atoms with Crippen molar-refractivity contribution >= 4 is 0 Å². The third-order valence-electron chi connectivity index (χ3n) is 9.17. The van der Waals surface area contributed by atoms with Crippen molar-refractivity contribution in [2.45, 2.75) is 111 Å². The summed E-state index contributed by atoms with van der Waals surface area (Å²) in [7, 11) is 10.2. The van der Waals surface area contributed by atoms with Crippen molar-refractivity contribution in [1.29, 1.82) is 0 Å². The molecule has 0 aliphatic rings. The zero-order valence-electron chi connectivity index (χ0n) is 38.3. The number of aryl methyl sites for hydroxylation is 10. The molecular weight excluding hydrogens is 673 g/mol. The highest BCUT2D eigenvalue weighted by molar-refractivity contribution is 5.49. The lowest BCUT2D eigenvalue weighted by Crippen LogP contribution is -1.95. The minimum atomic E-state index is 0.819. The van der Waals surface area contributed by atoms with Crippen LogP contribution in [0.3, 0.4) is 0 Å². The molecule has 4 aromatic carbocycles. The highest BCUT2D eigenvalue weighted by atomic mass is 16.5. The molecule has 4 rings (SSSR count). The Labute approximate surface area is 331 Å². The highest BCUT2D eigenvalue weighted by Crippen LogP contribution is 2.29. The molecule has 54 heavy (non-hydrogen) atoms. The fourth-order valence-corrected chi connectivity index (χ4v) is 6.13. The summed E-state index contributed by atoms with van der Waals surface area (Å²) in [5.74, 6) is 4.07. The molecule has 0 aromatic heterocycles. The lowest BCUT2D eigenvalue weighted by atomic mass is 10.00. The van der Waals surface area contributed by atoms with Crippen molar-refractivity contribution < 1.29 is 28.4 Å². The summed E-state index contributed by atoms with van der Waals surface area (Å²) in [6, 6.07) is 12.9. The second kappa shape index (κ2) is 27.6. The maximum atomic E-state index is 5.31. The number of rotatable bonds is 6. The molecule has 0 amide bonds. The van der Waals surface area contributed by atoms with Crippen molar-refractivity contribution in [3.05, 3.63) is 114 Å². The first-order valence-electron chi connectivity index (χ1n) is 18.7. The van der Waals surface area contributed by atoms with Gasteiger partial charge in [-0.2, -0.15) is 0 Å². The summed E-state index contributed by atoms with van der Waals surface area (Å²) >= 11 is 0. The SMILES string of the molecule is CCOC.CCOC.COc1c(C)cc(C)c(C)c1C.COc1c(C)cc(C)c(C)c1C.COc1c(C)cc(C)cc1C.COc1c(C)cc(C)cc1C. The van der Waals surface area contributed by atoms with Gasteiger partial charge >= 0.3 is 0 Å². The minimum absolute atomic E-state index is 0.819. The molecule has 0 atom stereocenters. The number of benzene rings is 4. The van der Waals surface area contributed by atoms with Crippen LogP contribution in [0.15, 0.2) is 36.4 Å². The average Bonchev–Trinajstić information content (AvgIpc) is 3.11. The second-order valence-electron chi connectivity index (χ2n) is 13.6. The smallest absolute Gasteiger partial charge is 0.124 e. The summed E-state index contributed by atoms with van der Waals surface area (Å²) in [4.78, 5) is 0. The highest BCUT2D eigenvalue weighted by Gasteiger charge is 2.08. The molecule has 0 aliphatic heterocycles. The molecule has 6 nitrogen and oxygen atoms in total. The van der Waals surface area contributed by atoms with Gasteiger partial charge in [0.2, 0.25) is 0 Å². The van der Waals surface area contributed by atoms with Crippen LogP contribution >= 0.6 is 0 Å². The van der Waals surface area contributed by atoms with E-state index in [1.54, 1.807) is 42.7 Å². The Bertz CT molecular complexity index is 1510. The Hall–Kier alpha value is -4.00. The molecular formula is C48H76O6. The van der Waals surface area contributed by atoms with Crippen LogP contribution in [0.25, 0.3) is 0 Å². The van der Waals surface area contributed by atoms with Gasteiger partial charge in [0.25, 0.3) is 0 Å². The lowest BCUT2D eigenvalue weighted by Gasteiger charge is -2.12. The maximum absolute atomic E-state index is 5.31. The zero-order chi connectivity index (χ0) is 42.3. The average molecular weight is 749 g/mol. The van der Waals surface area contributed by atoms with Gasteiger partial charge in [-0.15, -0.1) is 0 Å². The van der Waals surface area contributed by atoms with Crippen LogP contribution in [0, 0.1) is 96.9 Å². The number of hydrogen-bond donors (Lipinski definition) is 0. The van der Waals surface area contributed by atoms with E-state index in [0.29, 0.717) is 0 Å². The van der Waals surface area contributed by atoms with Gasteiger partial charge in [-0.05, 0) is 178 Å². The van der Waals surface area contributed by atoms with Gasteiger partial charge < -0.3 is 28.4 Å². The van der Waals surface area contributed by atoms with E-state index in [1.807, 2.05) is 13.8 Å². The summed E-state index contributed by atoms with van der Waals surface area (Å²) < 4.78 is 30.2. The van der Waals surface area contributed by atoms with E-state index in [9.17, 15) is 0 Å². The first kappa shape index (κ1) is 52.1. The number of methoxy groups -OCH3 is 6. The Morgan fingerprint density at radius 3 is 0.685 bits per heavy atom. The molecule has 0 saturated heterocycles. The van der Waals surface area contributed by atoms with Crippen LogP contribution in [0.1, 0.15) is 91.7 Å². The first-order chi connectivity index (χ1) is 25.3. The Balaban J connectivity index is 0. The van der Waals surface area contributed by atoms with E-state index >= 15 is 0 Å². The molecule has 0 fully saturated rings. The standard InChI is InChI=1S/2C11H16O.2C10H14O.2C3H8O/c2*1-7-6-8(2)11(12-5)10(4)9(7)3;2*1-7-5-8(2)10(11-4)9(3)6-7;2*1-3-4-2/h2*6H,1-5H3;2*5-6H,1-4H3;2*3H2,1-2H3. The van der Waals surface area contributed by atoms with E-state index in [2.05, 4.69) is 143 Å². The summed E-state index contributed by atoms with van der Waals surface area (Å²) in [5, 5.41) is 0. The van der Waals surface area contributed by atoms with Crippen LogP contribution in [0.5, 0.6) is 23.0 Å². The van der Waals surface area contributed by atoms with Gasteiger partial charge in [0.15, 0.2) is 0 Å². The van der Waals surface area contributed by atoms with Crippen LogP contribution in [-0.4, -0.2) is 55.9 Å². The van der Waals surface area contributed by atoms with Crippen molar-refractivity contribution in [1.82, 2.24) is 0 Å². The number of ether oxygens (including phenoxy) is 6. The molecule has 0 radical (unpaired) electrons. The van der Waals surface area contributed by atoms with Crippen molar-refractivity contribution in [3.63, 3.8) is 0 Å². The summed E-state index contributed by atoms with van der Waals surface area (Å²) in [6.07, 6.45) is 0. The molecule has 0 heterocycles. The molecule has 304 valence electrons. The molecule has 0 N–H and O–H groups in total. The van der Waals surface area contributed by atoms with Crippen molar-refractivity contribution in [2.75, 3.05) is 55.9 Å². The normalized spacial score (nSPS) is 9.59. The molecule has 0 aliphatic carbocycles. The Morgan fingerprint density at radius 2 is 0.500 bits per heavy atom. The van der Waals surface area contributed by atoms with E-state index in [-0.39, 0.29) is 0 Å². The fourth-order valence-electron chi connectivity index (χ4n) is 6.13. The largest absolute Gasteiger partial charge is 0.496 e. The molecule has 4 aromatic rings. The van der Waals surface area contributed by atoms with Crippen LogP contribution in [0.2, 0.25) is 0 Å². The zero-order valence-corrected chi connectivity index (χ0v) is 38.3. The van der Waals surface area contributed by atoms with Crippen LogP contribution < -0.4 is 18.9 Å². The predicted molar refractivity (Wildman–Crippen MR) is 233 cm³/mol. The van der Waals surface area contributed by atoms with Gasteiger partial charge in [0.1, 0.15) is 23.0 Å². The molecule has 0 bridgehead atoms. The summed E-state index contributed by atoms with van der Waals surface area (Å²) in [6.45, 7) is 34.9. The molecule has 0 unspecified atom stereocenters. The molecule has 0 spiro atoms. The van der Waals surface area contributed by atoms with Gasteiger partial charge in [0.05, 0.1) is 28.4 Å².